The van der Waals surface area contributed by atoms with E-state index in [2.05, 4.69) is 4.98 Å². The number of hydrogen-bond donors (Lipinski definition) is 3. The number of aromatic nitrogens is 1. The Morgan fingerprint density at radius 1 is 1.17 bits per heavy atom. The number of aliphatic hydroxyl groups is 1. The molecule has 9 nitrogen and oxygen atoms in total. The zero-order valence-electron chi connectivity index (χ0n) is 22.8. The highest BCUT2D eigenvalue weighted by atomic mass is 19.4. The topological polar surface area (TPSA) is 139 Å². The summed E-state index contributed by atoms with van der Waals surface area (Å²) in [5.74, 6) is -1.23. The molecule has 1 aliphatic heterocycles. The van der Waals surface area contributed by atoms with E-state index in [0.29, 0.717) is 5.75 Å². The van der Waals surface area contributed by atoms with Gasteiger partial charge in [0.2, 0.25) is 5.91 Å². The highest BCUT2D eigenvalue weighted by Gasteiger charge is 2.59. The van der Waals surface area contributed by atoms with E-state index in [1.807, 2.05) is 0 Å². The summed E-state index contributed by atoms with van der Waals surface area (Å²) in [6, 6.07) is 8.83. The fraction of sp³-hybridized carbons (Fsp3) is 0.379. The molecule has 0 saturated heterocycles. The highest BCUT2D eigenvalue weighted by molar-refractivity contribution is 5.95. The van der Waals surface area contributed by atoms with Crippen LogP contribution < -0.4 is 25.7 Å². The second-order valence-electron chi connectivity index (χ2n) is 10.4. The lowest BCUT2D eigenvalue weighted by molar-refractivity contribution is -0.191. The summed E-state index contributed by atoms with van der Waals surface area (Å²) in [4.78, 5) is 16.9. The van der Waals surface area contributed by atoms with Crippen LogP contribution in [-0.4, -0.2) is 55.7 Å². The first-order valence-corrected chi connectivity index (χ1v) is 13.0. The predicted octanol–water partition coefficient (Wildman–Crippen LogP) is 3.72. The van der Waals surface area contributed by atoms with Crippen LogP contribution in [0.4, 0.5) is 17.6 Å². The normalized spacial score (nSPS) is 19.5. The standard InChI is InChI=1S/C29H29F4N3O6/c1-39-13-27(38,12-19-18(26(34)37)9-10-21(24(19)40-2)42-17-7-8-17)22-11-20-25(41-14-28(20,35)29(31,32)33)23(36-22)15-3-5-16(30)6-4-15/h3-6,9-11,17,38H,7-8,12-14,35H2,1-2H3,(H2,34,37)/t27-,28+/m1/s1. The van der Waals surface area contributed by atoms with Crippen LogP contribution in [0.15, 0.2) is 42.5 Å². The van der Waals surface area contributed by atoms with E-state index < -0.39 is 54.2 Å². The maximum Gasteiger partial charge on any atom is 0.414 e. The molecule has 1 fully saturated rings. The molecule has 0 unspecified atom stereocenters. The van der Waals surface area contributed by atoms with Gasteiger partial charge in [-0.05, 0) is 55.3 Å². The molecular weight excluding hydrogens is 562 g/mol. The van der Waals surface area contributed by atoms with Crippen molar-refractivity contribution in [3.63, 3.8) is 0 Å². The smallest absolute Gasteiger partial charge is 0.414 e. The summed E-state index contributed by atoms with van der Waals surface area (Å²) >= 11 is 0. The monoisotopic (exact) mass is 591 g/mol. The van der Waals surface area contributed by atoms with E-state index in [1.54, 1.807) is 0 Å². The summed E-state index contributed by atoms with van der Waals surface area (Å²) < 4.78 is 78.8. The lowest BCUT2D eigenvalue weighted by Gasteiger charge is -2.31. The fourth-order valence-electron chi connectivity index (χ4n) is 4.99. The van der Waals surface area contributed by atoms with Crippen molar-refractivity contribution in [1.29, 1.82) is 0 Å². The Kier molecular flexibility index (Phi) is 7.54. The van der Waals surface area contributed by atoms with Crippen LogP contribution in [0.25, 0.3) is 11.3 Å². The Hall–Kier alpha value is -3.94. The second-order valence-corrected chi connectivity index (χ2v) is 10.4. The van der Waals surface area contributed by atoms with Crippen LogP contribution in [0.5, 0.6) is 17.2 Å². The molecule has 1 aromatic heterocycles. The molecule has 2 atom stereocenters. The molecular formula is C29H29F4N3O6. The number of rotatable bonds is 10. The number of benzene rings is 2. The van der Waals surface area contributed by atoms with Gasteiger partial charge in [-0.15, -0.1) is 0 Å². The van der Waals surface area contributed by atoms with Crippen LogP contribution in [0.1, 0.15) is 40.0 Å². The number of fused-ring (bicyclic) bond motifs is 1. The van der Waals surface area contributed by atoms with Crippen molar-refractivity contribution in [2.75, 3.05) is 27.4 Å². The zero-order chi connectivity index (χ0) is 30.4. The minimum absolute atomic E-state index is 0.00348. The number of carbonyl (C=O) groups is 1. The summed E-state index contributed by atoms with van der Waals surface area (Å²) in [7, 11) is 2.63. The molecule has 0 spiro atoms. The molecule has 0 bridgehead atoms. The number of amides is 1. The fourth-order valence-corrected chi connectivity index (χ4v) is 4.99. The van der Waals surface area contributed by atoms with Crippen LogP contribution in [0.2, 0.25) is 0 Å². The Bertz CT molecular complexity index is 1510. The van der Waals surface area contributed by atoms with Gasteiger partial charge in [-0.1, -0.05) is 0 Å². The quantitative estimate of drug-likeness (QED) is 0.303. The van der Waals surface area contributed by atoms with Crippen molar-refractivity contribution < 1.29 is 46.4 Å². The number of hydrogen-bond acceptors (Lipinski definition) is 8. The molecule has 5 rings (SSSR count). The maximum absolute atomic E-state index is 14.3. The molecule has 5 N–H and O–H groups in total. The molecule has 0 radical (unpaired) electrons. The molecule has 13 heteroatoms. The largest absolute Gasteiger partial charge is 0.493 e. The SMILES string of the molecule is COC[C@](O)(Cc1c(C(N)=O)ccc(OC2CC2)c1OC)c1cc2c(c(-c3ccc(F)cc3)n1)OC[C@@]2(N)C(F)(F)F. The van der Waals surface area contributed by atoms with Crippen molar-refractivity contribution in [3.05, 3.63) is 70.7 Å². The molecule has 42 heavy (non-hydrogen) atoms. The van der Waals surface area contributed by atoms with Gasteiger partial charge >= 0.3 is 6.18 Å². The summed E-state index contributed by atoms with van der Waals surface area (Å²) in [6.07, 6.45) is -3.74. The third kappa shape index (κ3) is 5.23. The lowest BCUT2D eigenvalue weighted by Crippen LogP contribution is -2.52. The Labute approximate surface area is 238 Å². The molecule has 3 aromatic rings. The second kappa shape index (κ2) is 10.7. The number of primary amides is 1. The van der Waals surface area contributed by atoms with Crippen molar-refractivity contribution in [3.8, 4) is 28.5 Å². The van der Waals surface area contributed by atoms with Crippen LogP contribution in [0, 0.1) is 5.82 Å². The molecule has 2 aliphatic rings. The number of carbonyl (C=O) groups excluding carboxylic acids is 1. The minimum atomic E-state index is -4.94. The van der Waals surface area contributed by atoms with E-state index in [1.165, 1.54) is 38.5 Å². The number of nitrogens with zero attached hydrogens (tertiary/aromatic N) is 1. The maximum atomic E-state index is 14.3. The van der Waals surface area contributed by atoms with E-state index in [0.717, 1.165) is 31.0 Å². The van der Waals surface area contributed by atoms with E-state index in [-0.39, 0.29) is 45.7 Å². The van der Waals surface area contributed by atoms with Gasteiger partial charge in [0, 0.05) is 35.8 Å². The van der Waals surface area contributed by atoms with Gasteiger partial charge in [0.15, 0.2) is 22.8 Å². The average molecular weight is 592 g/mol. The molecule has 224 valence electrons. The molecule has 1 saturated carbocycles. The number of alkyl halides is 3. The molecule has 1 amide bonds. The summed E-state index contributed by atoms with van der Waals surface area (Å²) in [5.41, 5.74) is 5.98. The number of ether oxygens (including phenoxy) is 4. The summed E-state index contributed by atoms with van der Waals surface area (Å²) in [6.45, 7) is -1.41. The van der Waals surface area contributed by atoms with Crippen LogP contribution in [0.3, 0.4) is 0 Å². The van der Waals surface area contributed by atoms with Crippen molar-refractivity contribution in [2.24, 2.45) is 11.5 Å². The first-order chi connectivity index (χ1) is 19.8. The predicted molar refractivity (Wildman–Crippen MR) is 142 cm³/mol. The van der Waals surface area contributed by atoms with Gasteiger partial charge in [0.25, 0.3) is 0 Å². The van der Waals surface area contributed by atoms with Crippen LogP contribution in [-0.2, 0) is 22.3 Å². The highest BCUT2D eigenvalue weighted by Crippen LogP contribution is 2.50. The molecule has 2 aromatic carbocycles. The van der Waals surface area contributed by atoms with Crippen molar-refractivity contribution >= 4 is 5.91 Å². The Balaban J connectivity index is 1.72. The minimum Gasteiger partial charge on any atom is -0.493 e. The first-order valence-electron chi connectivity index (χ1n) is 13.0. The molecule has 2 heterocycles. The average Bonchev–Trinajstić information content (AvgIpc) is 3.68. The lowest BCUT2D eigenvalue weighted by atomic mass is 9.84. The number of nitrogens with two attached hydrogens (primary N) is 2. The van der Waals surface area contributed by atoms with Gasteiger partial charge in [0.05, 0.1) is 25.5 Å². The number of pyridine rings is 1. The van der Waals surface area contributed by atoms with Crippen molar-refractivity contribution in [1.82, 2.24) is 4.98 Å². The first kappa shape index (κ1) is 29.5. The van der Waals surface area contributed by atoms with Gasteiger partial charge in [-0.3, -0.25) is 4.79 Å². The van der Waals surface area contributed by atoms with Gasteiger partial charge < -0.3 is 35.5 Å². The Morgan fingerprint density at radius 2 is 1.86 bits per heavy atom. The van der Waals surface area contributed by atoms with Gasteiger partial charge in [0.1, 0.15) is 23.7 Å². The van der Waals surface area contributed by atoms with Crippen molar-refractivity contribution in [2.45, 2.75) is 42.7 Å². The van der Waals surface area contributed by atoms with E-state index in [4.69, 9.17) is 30.4 Å². The van der Waals surface area contributed by atoms with Crippen LogP contribution >= 0.6 is 0 Å². The number of methoxy groups -OCH3 is 2. The Morgan fingerprint density at radius 3 is 2.43 bits per heavy atom. The van der Waals surface area contributed by atoms with Gasteiger partial charge in [-0.25, -0.2) is 9.37 Å². The van der Waals surface area contributed by atoms with Gasteiger partial charge in [-0.2, -0.15) is 13.2 Å². The van der Waals surface area contributed by atoms with E-state index in [9.17, 15) is 27.5 Å². The number of halogens is 4. The summed E-state index contributed by atoms with van der Waals surface area (Å²) in [5, 5.41) is 12.1. The third-order valence-electron chi connectivity index (χ3n) is 7.36. The third-order valence-corrected chi connectivity index (χ3v) is 7.36. The molecule has 1 aliphatic carbocycles. The zero-order valence-corrected chi connectivity index (χ0v) is 22.8. The van der Waals surface area contributed by atoms with E-state index >= 15 is 0 Å².